The molecule has 0 aromatic heterocycles. The van der Waals surface area contributed by atoms with Gasteiger partial charge in [0.1, 0.15) is 5.82 Å². The largest absolute Gasteiger partial charge is 0.378 e. The zero-order valence-electron chi connectivity index (χ0n) is 19.8. The number of carbonyl (C=O) groups is 1. The predicted molar refractivity (Wildman–Crippen MR) is 126 cm³/mol. The maximum absolute atomic E-state index is 14.0. The van der Waals surface area contributed by atoms with Crippen molar-refractivity contribution in [2.75, 3.05) is 45.9 Å². The molecule has 4 fully saturated rings. The fourth-order valence-electron chi connectivity index (χ4n) is 6.79. The smallest absolute Gasteiger partial charge is 0.243 e. The second kappa shape index (κ2) is 10.2. The number of morpholine rings is 1. The van der Waals surface area contributed by atoms with E-state index >= 15 is 0 Å². The molecular weight excluding hydrogens is 457 g/mol. The van der Waals surface area contributed by atoms with Gasteiger partial charge in [0.05, 0.1) is 18.1 Å². The van der Waals surface area contributed by atoms with Crippen molar-refractivity contribution in [3.63, 3.8) is 0 Å². The lowest BCUT2D eigenvalue weighted by Crippen LogP contribution is -2.65. The quantitative estimate of drug-likeness (QED) is 0.610. The van der Waals surface area contributed by atoms with Crippen molar-refractivity contribution in [1.29, 1.82) is 0 Å². The molecule has 0 spiro atoms. The van der Waals surface area contributed by atoms with Crippen LogP contribution in [0.1, 0.15) is 44.9 Å². The second-order valence-electron chi connectivity index (χ2n) is 10.2. The molecule has 1 aromatic rings. The number of ether oxygens (including phenoxy) is 1. The normalized spacial score (nSPS) is 30.7. The molecule has 34 heavy (non-hydrogen) atoms. The number of halogens is 1. The van der Waals surface area contributed by atoms with Crippen molar-refractivity contribution in [2.45, 2.75) is 61.9 Å². The Hall–Kier alpha value is -1.55. The number of rotatable bonds is 6. The van der Waals surface area contributed by atoms with Crippen LogP contribution >= 0.6 is 0 Å². The summed E-state index contributed by atoms with van der Waals surface area (Å²) in [4.78, 5) is 17.2. The lowest BCUT2D eigenvalue weighted by Gasteiger charge is -2.57. The van der Waals surface area contributed by atoms with Gasteiger partial charge in [0, 0.05) is 38.1 Å². The highest BCUT2D eigenvalue weighted by atomic mass is 32.2. The van der Waals surface area contributed by atoms with Crippen LogP contribution in [0.15, 0.2) is 29.2 Å². The lowest BCUT2D eigenvalue weighted by atomic mass is 9.70. The predicted octanol–water partition coefficient (Wildman–Crippen LogP) is 2.72. The van der Waals surface area contributed by atoms with E-state index < -0.39 is 15.8 Å². The Morgan fingerprint density at radius 3 is 2.62 bits per heavy atom. The number of amides is 1. The van der Waals surface area contributed by atoms with Gasteiger partial charge < -0.3 is 9.64 Å². The first-order valence-corrected chi connectivity index (χ1v) is 14.3. The van der Waals surface area contributed by atoms with Crippen molar-refractivity contribution < 1.29 is 22.3 Å². The molecule has 0 unspecified atom stereocenters. The fourth-order valence-corrected chi connectivity index (χ4v) is 8.58. The van der Waals surface area contributed by atoms with E-state index in [9.17, 15) is 17.6 Å². The Labute approximate surface area is 202 Å². The zero-order valence-corrected chi connectivity index (χ0v) is 20.6. The van der Waals surface area contributed by atoms with Crippen LogP contribution in [0.2, 0.25) is 0 Å². The molecule has 1 aromatic carbocycles. The minimum absolute atomic E-state index is 0.0313. The molecule has 0 saturated carbocycles. The molecule has 4 atom stereocenters. The van der Waals surface area contributed by atoms with Gasteiger partial charge in [0.25, 0.3) is 0 Å². The topological polar surface area (TPSA) is 70.2 Å². The number of carbonyl (C=O) groups excluding carboxylic acids is 1. The van der Waals surface area contributed by atoms with Crippen LogP contribution in [-0.2, 0) is 19.6 Å². The number of sulfonamides is 1. The number of benzene rings is 1. The average molecular weight is 494 g/mol. The van der Waals surface area contributed by atoms with Crippen molar-refractivity contribution in [1.82, 2.24) is 14.1 Å². The number of piperidine rings is 3. The number of hydrogen-bond acceptors (Lipinski definition) is 5. The summed E-state index contributed by atoms with van der Waals surface area (Å²) < 4.78 is 48.6. The molecule has 0 aliphatic carbocycles. The highest BCUT2D eigenvalue weighted by Gasteiger charge is 2.51. The first-order chi connectivity index (χ1) is 16.4. The Balaban J connectivity index is 1.38. The zero-order chi connectivity index (χ0) is 23.7. The maximum Gasteiger partial charge on any atom is 0.243 e. The van der Waals surface area contributed by atoms with E-state index in [0.717, 1.165) is 44.8 Å². The Bertz CT molecular complexity index is 982. The van der Waals surface area contributed by atoms with Crippen molar-refractivity contribution >= 4 is 15.9 Å². The van der Waals surface area contributed by atoms with E-state index in [1.54, 1.807) is 4.31 Å². The molecule has 1 amide bonds. The molecular formula is C25H36FN3O4S. The van der Waals surface area contributed by atoms with Gasteiger partial charge in [-0.25, -0.2) is 12.8 Å². The summed E-state index contributed by atoms with van der Waals surface area (Å²) in [5.41, 5.74) is 0. The third-order valence-electron chi connectivity index (χ3n) is 8.28. The molecule has 4 heterocycles. The monoisotopic (exact) mass is 493 g/mol. The third kappa shape index (κ3) is 4.76. The van der Waals surface area contributed by atoms with E-state index in [2.05, 4.69) is 4.90 Å². The highest BCUT2D eigenvalue weighted by Crippen LogP contribution is 2.45. The van der Waals surface area contributed by atoms with Gasteiger partial charge >= 0.3 is 0 Å². The molecule has 0 N–H and O–H groups in total. The van der Waals surface area contributed by atoms with E-state index in [1.165, 1.54) is 18.2 Å². The van der Waals surface area contributed by atoms with Gasteiger partial charge in [-0.3, -0.25) is 9.69 Å². The van der Waals surface area contributed by atoms with Gasteiger partial charge in [-0.05, 0) is 81.6 Å². The molecule has 5 rings (SSSR count). The van der Waals surface area contributed by atoms with Gasteiger partial charge in [-0.2, -0.15) is 4.31 Å². The van der Waals surface area contributed by atoms with Crippen LogP contribution in [-0.4, -0.2) is 86.5 Å². The minimum atomic E-state index is -3.83. The summed E-state index contributed by atoms with van der Waals surface area (Å²) in [6.45, 7) is 5.09. The summed E-state index contributed by atoms with van der Waals surface area (Å²) in [5, 5.41) is 0. The second-order valence-corrected chi connectivity index (χ2v) is 12.1. The molecule has 9 heteroatoms. The summed E-state index contributed by atoms with van der Waals surface area (Å²) >= 11 is 0. The van der Waals surface area contributed by atoms with Gasteiger partial charge in [-0.1, -0.05) is 6.07 Å². The summed E-state index contributed by atoms with van der Waals surface area (Å²) in [6, 6.07) is 5.63. The molecule has 4 aliphatic rings. The molecule has 4 saturated heterocycles. The first-order valence-electron chi connectivity index (χ1n) is 12.8. The number of hydrogen-bond donors (Lipinski definition) is 0. The van der Waals surface area contributed by atoms with Crippen molar-refractivity contribution in [3.8, 4) is 0 Å². The van der Waals surface area contributed by atoms with Gasteiger partial charge in [0.15, 0.2) is 0 Å². The van der Waals surface area contributed by atoms with Crippen molar-refractivity contribution in [2.24, 2.45) is 11.8 Å². The fraction of sp³-hybridized carbons (Fsp3) is 0.720. The third-order valence-corrected chi connectivity index (χ3v) is 10.2. The maximum atomic E-state index is 14.0. The van der Waals surface area contributed by atoms with Gasteiger partial charge in [0.2, 0.25) is 15.9 Å². The van der Waals surface area contributed by atoms with E-state index in [0.29, 0.717) is 64.1 Å². The standard InChI is InChI=1S/C25H36FN3O4S/c26-20-6-1-7-21(17-20)34(31,32)29-18-19-5-3-11-28-12-4-8-22(25(19)28)23(29)9-2-10-24(30)27-13-15-33-16-14-27/h1,6-7,17,19,22-23,25H,2-5,8-16,18H2/t19-,22+,23+,25-/m0/s1. The van der Waals surface area contributed by atoms with E-state index in [-0.39, 0.29) is 22.8 Å². The van der Waals surface area contributed by atoms with Gasteiger partial charge in [-0.15, -0.1) is 0 Å². The van der Waals surface area contributed by atoms with Crippen LogP contribution < -0.4 is 0 Å². The van der Waals surface area contributed by atoms with Crippen molar-refractivity contribution in [3.05, 3.63) is 30.1 Å². The highest BCUT2D eigenvalue weighted by molar-refractivity contribution is 7.89. The Kier molecular flexibility index (Phi) is 7.25. The lowest BCUT2D eigenvalue weighted by molar-refractivity contribution is -0.135. The molecule has 4 aliphatic heterocycles. The van der Waals surface area contributed by atoms with E-state index in [4.69, 9.17) is 4.74 Å². The average Bonchev–Trinajstić information content (AvgIpc) is 2.85. The van der Waals surface area contributed by atoms with E-state index in [1.807, 2.05) is 4.90 Å². The molecule has 188 valence electrons. The summed E-state index contributed by atoms with van der Waals surface area (Å²) in [7, 11) is -3.83. The van der Waals surface area contributed by atoms with Crippen LogP contribution in [0.4, 0.5) is 4.39 Å². The Morgan fingerprint density at radius 2 is 1.85 bits per heavy atom. The minimum Gasteiger partial charge on any atom is -0.378 e. The van der Waals surface area contributed by atoms with Crippen LogP contribution in [0.25, 0.3) is 0 Å². The van der Waals surface area contributed by atoms with Crippen LogP contribution in [0.5, 0.6) is 0 Å². The SMILES string of the molecule is O=C(CCC[C@@H]1[C@H]2CCCN3CCC[C@@H](CN1S(=O)(=O)c1cccc(F)c1)[C@@H]23)N1CCOCC1. The first kappa shape index (κ1) is 24.2. The summed E-state index contributed by atoms with van der Waals surface area (Å²) in [6.07, 6.45) is 5.96. The van der Waals surface area contributed by atoms with Crippen LogP contribution in [0.3, 0.4) is 0 Å². The molecule has 7 nitrogen and oxygen atoms in total. The summed E-state index contributed by atoms with van der Waals surface area (Å²) in [5.74, 6) is 0.160. The number of nitrogens with zero attached hydrogens (tertiary/aromatic N) is 3. The Morgan fingerprint density at radius 1 is 1.09 bits per heavy atom. The molecule has 0 radical (unpaired) electrons. The molecule has 0 bridgehead atoms. The van der Waals surface area contributed by atoms with Crippen LogP contribution in [0, 0.1) is 17.7 Å².